The highest BCUT2D eigenvalue weighted by Gasteiger charge is 2.31. The first-order chi connectivity index (χ1) is 8.48. The molecule has 1 heterocycles. The van der Waals surface area contributed by atoms with E-state index >= 15 is 0 Å². The highest BCUT2D eigenvalue weighted by atomic mass is 79.9. The number of halogens is 1. The van der Waals surface area contributed by atoms with E-state index in [1.807, 2.05) is 18.2 Å². The van der Waals surface area contributed by atoms with Crippen molar-refractivity contribution in [1.82, 2.24) is 0 Å². The minimum Gasteiger partial charge on any atom is -0.497 e. The van der Waals surface area contributed by atoms with Crippen molar-refractivity contribution < 1.29 is 9.47 Å². The van der Waals surface area contributed by atoms with E-state index in [1.165, 1.54) is 0 Å². The molecular weight excluding hydrogens is 294 g/mol. The lowest BCUT2D eigenvalue weighted by atomic mass is 10.1. The summed E-state index contributed by atoms with van der Waals surface area (Å²) in [5, 5.41) is 3.40. The van der Waals surface area contributed by atoms with Crippen molar-refractivity contribution in [3.05, 3.63) is 22.7 Å². The molecule has 1 fully saturated rings. The van der Waals surface area contributed by atoms with Crippen LogP contribution in [-0.4, -0.2) is 25.4 Å². The second kappa shape index (κ2) is 5.49. The number of hydrogen-bond donors (Lipinski definition) is 1. The van der Waals surface area contributed by atoms with Crippen LogP contribution in [0.15, 0.2) is 22.7 Å². The summed E-state index contributed by atoms with van der Waals surface area (Å²) in [6.45, 7) is 5.13. The lowest BCUT2D eigenvalue weighted by molar-refractivity contribution is -0.00911. The van der Waals surface area contributed by atoms with Gasteiger partial charge < -0.3 is 14.8 Å². The molecule has 0 amide bonds. The molecule has 1 unspecified atom stereocenters. The molecule has 1 aromatic rings. The molecule has 4 heteroatoms. The molecule has 0 aliphatic carbocycles. The third-order valence-corrected chi connectivity index (χ3v) is 3.65. The number of methoxy groups -OCH3 is 1. The van der Waals surface area contributed by atoms with Gasteiger partial charge in [-0.15, -0.1) is 0 Å². The van der Waals surface area contributed by atoms with Gasteiger partial charge in [0.25, 0.3) is 0 Å². The van der Waals surface area contributed by atoms with E-state index in [9.17, 15) is 0 Å². The Morgan fingerprint density at radius 2 is 2.22 bits per heavy atom. The largest absolute Gasteiger partial charge is 0.497 e. The second-order valence-corrected chi connectivity index (χ2v) is 6.21. The molecule has 3 nitrogen and oxygen atoms in total. The fraction of sp³-hybridized carbons (Fsp3) is 0.571. The molecule has 0 bridgehead atoms. The Morgan fingerprint density at radius 1 is 1.44 bits per heavy atom. The van der Waals surface area contributed by atoms with Gasteiger partial charge in [0, 0.05) is 22.8 Å². The molecule has 1 aliphatic heterocycles. The van der Waals surface area contributed by atoms with Crippen LogP contribution in [0.4, 0.5) is 5.69 Å². The predicted molar refractivity (Wildman–Crippen MR) is 77.4 cm³/mol. The van der Waals surface area contributed by atoms with E-state index in [-0.39, 0.29) is 5.60 Å². The average Bonchev–Trinajstić information content (AvgIpc) is 2.65. The molecule has 1 N–H and O–H groups in total. The molecule has 0 aromatic heterocycles. The minimum absolute atomic E-state index is 0.0291. The summed E-state index contributed by atoms with van der Waals surface area (Å²) in [6, 6.07) is 5.98. The van der Waals surface area contributed by atoms with Gasteiger partial charge >= 0.3 is 0 Å². The molecular formula is C14H20BrNO2. The van der Waals surface area contributed by atoms with Gasteiger partial charge in [-0.3, -0.25) is 0 Å². The molecule has 100 valence electrons. The van der Waals surface area contributed by atoms with Crippen molar-refractivity contribution in [3.8, 4) is 5.75 Å². The lowest BCUT2D eigenvalue weighted by Gasteiger charge is -2.20. The summed E-state index contributed by atoms with van der Waals surface area (Å²) in [6.07, 6.45) is 2.54. The maximum Gasteiger partial charge on any atom is 0.122 e. The van der Waals surface area contributed by atoms with E-state index in [4.69, 9.17) is 9.47 Å². The van der Waals surface area contributed by atoms with Crippen molar-refractivity contribution in [2.75, 3.05) is 19.0 Å². The second-order valence-electron chi connectivity index (χ2n) is 5.30. The molecule has 1 atom stereocenters. The Balaban J connectivity index is 1.92. The first kappa shape index (κ1) is 13.7. The SMILES string of the molecule is COc1cc(Br)cc(NCC2CCC(C)(C)O2)c1. The summed E-state index contributed by atoms with van der Waals surface area (Å²) in [7, 11) is 1.67. The van der Waals surface area contributed by atoms with Crippen molar-refractivity contribution in [3.63, 3.8) is 0 Å². The predicted octanol–water partition coefficient (Wildman–Crippen LogP) is 3.83. The number of rotatable bonds is 4. The standard InChI is InChI=1S/C14H20BrNO2/c1-14(2)5-4-12(18-14)9-16-11-6-10(15)7-13(8-11)17-3/h6-8,12,16H,4-5,9H2,1-3H3. The molecule has 0 saturated carbocycles. The minimum atomic E-state index is 0.0291. The third-order valence-electron chi connectivity index (χ3n) is 3.19. The maximum atomic E-state index is 5.95. The Labute approximate surface area is 117 Å². The summed E-state index contributed by atoms with van der Waals surface area (Å²) in [5.74, 6) is 0.847. The zero-order chi connectivity index (χ0) is 13.2. The molecule has 1 saturated heterocycles. The first-order valence-corrected chi connectivity index (χ1v) is 7.04. The normalized spacial score (nSPS) is 21.9. The van der Waals surface area contributed by atoms with Gasteiger partial charge in [-0.25, -0.2) is 0 Å². The van der Waals surface area contributed by atoms with Crippen LogP contribution < -0.4 is 10.1 Å². The lowest BCUT2D eigenvalue weighted by Crippen LogP contribution is -2.24. The number of nitrogens with one attached hydrogen (secondary N) is 1. The van der Waals surface area contributed by atoms with Gasteiger partial charge in [-0.2, -0.15) is 0 Å². The summed E-state index contributed by atoms with van der Waals surface area (Å²) in [4.78, 5) is 0. The van der Waals surface area contributed by atoms with Crippen LogP contribution in [-0.2, 0) is 4.74 Å². The molecule has 0 spiro atoms. The van der Waals surface area contributed by atoms with Crippen molar-refractivity contribution in [2.24, 2.45) is 0 Å². The van der Waals surface area contributed by atoms with Crippen molar-refractivity contribution in [2.45, 2.75) is 38.4 Å². The summed E-state index contributed by atoms with van der Waals surface area (Å²) in [5.41, 5.74) is 1.08. The fourth-order valence-corrected chi connectivity index (χ4v) is 2.71. The number of hydrogen-bond acceptors (Lipinski definition) is 3. The van der Waals surface area contributed by atoms with E-state index in [2.05, 4.69) is 35.1 Å². The van der Waals surface area contributed by atoms with Crippen LogP contribution >= 0.6 is 15.9 Å². The quantitative estimate of drug-likeness (QED) is 0.916. The number of ether oxygens (including phenoxy) is 2. The first-order valence-electron chi connectivity index (χ1n) is 6.25. The Bertz CT molecular complexity index is 420. The zero-order valence-corrected chi connectivity index (χ0v) is 12.7. The molecule has 0 radical (unpaired) electrons. The highest BCUT2D eigenvalue weighted by molar-refractivity contribution is 9.10. The van der Waals surface area contributed by atoms with E-state index in [1.54, 1.807) is 7.11 Å². The molecule has 1 aliphatic rings. The summed E-state index contributed by atoms with van der Waals surface area (Å²) < 4.78 is 12.2. The summed E-state index contributed by atoms with van der Waals surface area (Å²) >= 11 is 3.47. The van der Waals surface area contributed by atoms with Crippen molar-refractivity contribution >= 4 is 21.6 Å². The Kier molecular flexibility index (Phi) is 4.17. The van der Waals surface area contributed by atoms with E-state index < -0.39 is 0 Å². The van der Waals surface area contributed by atoms with Crippen LogP contribution in [0, 0.1) is 0 Å². The van der Waals surface area contributed by atoms with Gasteiger partial charge in [0.1, 0.15) is 5.75 Å². The average molecular weight is 314 g/mol. The molecule has 18 heavy (non-hydrogen) atoms. The monoisotopic (exact) mass is 313 g/mol. The van der Waals surface area contributed by atoms with E-state index in [0.29, 0.717) is 6.10 Å². The molecule has 2 rings (SSSR count). The maximum absolute atomic E-state index is 5.95. The Hall–Kier alpha value is -0.740. The topological polar surface area (TPSA) is 30.5 Å². The van der Waals surface area contributed by atoms with Gasteiger partial charge in [0.2, 0.25) is 0 Å². The van der Waals surface area contributed by atoms with Gasteiger partial charge in [-0.1, -0.05) is 15.9 Å². The van der Waals surface area contributed by atoms with Crippen LogP contribution in [0.5, 0.6) is 5.75 Å². The highest BCUT2D eigenvalue weighted by Crippen LogP contribution is 2.30. The van der Waals surface area contributed by atoms with Crippen LogP contribution in [0.1, 0.15) is 26.7 Å². The Morgan fingerprint density at radius 3 is 2.83 bits per heavy atom. The smallest absolute Gasteiger partial charge is 0.122 e. The molecule has 1 aromatic carbocycles. The zero-order valence-electron chi connectivity index (χ0n) is 11.1. The number of anilines is 1. The number of benzene rings is 1. The fourth-order valence-electron chi connectivity index (χ4n) is 2.24. The van der Waals surface area contributed by atoms with Crippen LogP contribution in [0.2, 0.25) is 0 Å². The van der Waals surface area contributed by atoms with Gasteiger partial charge in [-0.05, 0) is 38.8 Å². The van der Waals surface area contributed by atoms with Crippen LogP contribution in [0.3, 0.4) is 0 Å². The van der Waals surface area contributed by atoms with E-state index in [0.717, 1.165) is 35.3 Å². The van der Waals surface area contributed by atoms with Gasteiger partial charge in [0.05, 0.1) is 18.8 Å². The van der Waals surface area contributed by atoms with Crippen molar-refractivity contribution in [1.29, 1.82) is 0 Å². The third kappa shape index (κ3) is 3.62. The van der Waals surface area contributed by atoms with Crippen LogP contribution in [0.25, 0.3) is 0 Å². The van der Waals surface area contributed by atoms with Gasteiger partial charge in [0.15, 0.2) is 0 Å².